The highest BCUT2D eigenvalue weighted by Gasteiger charge is 2.29. The van der Waals surface area contributed by atoms with Crippen LogP contribution >= 0.6 is 35.0 Å². The van der Waals surface area contributed by atoms with Crippen LogP contribution in [0.1, 0.15) is 17.7 Å². The van der Waals surface area contributed by atoms with Gasteiger partial charge in [0.25, 0.3) is 12.0 Å². The zero-order valence-corrected chi connectivity index (χ0v) is 24.2. The SMILES string of the molecule is O=c1[nH]c(=O)n(-c2cc(Cl)c(Oc3cc(S(=O)(=O)NC4CSC4)c(OCc4ccccc4)cn3)c(Cl)c2)nc1C(F)F. The molecule has 1 aliphatic heterocycles. The van der Waals surface area contributed by atoms with Crippen molar-refractivity contribution in [2.75, 3.05) is 11.5 Å². The summed E-state index contributed by atoms with van der Waals surface area (Å²) in [5.74, 6) is 0.846. The number of halogens is 4. The van der Waals surface area contributed by atoms with Crippen molar-refractivity contribution in [1.82, 2.24) is 24.5 Å². The van der Waals surface area contributed by atoms with Crippen LogP contribution in [-0.2, 0) is 16.6 Å². The van der Waals surface area contributed by atoms with Crippen LogP contribution in [0.2, 0.25) is 10.0 Å². The predicted molar refractivity (Wildman–Crippen MR) is 152 cm³/mol. The molecule has 42 heavy (non-hydrogen) atoms. The van der Waals surface area contributed by atoms with Gasteiger partial charge in [0.1, 0.15) is 11.5 Å². The van der Waals surface area contributed by atoms with Crippen molar-refractivity contribution in [3.05, 3.63) is 96.9 Å². The van der Waals surface area contributed by atoms with Gasteiger partial charge in [0.15, 0.2) is 17.2 Å². The summed E-state index contributed by atoms with van der Waals surface area (Å²) < 4.78 is 67.5. The highest BCUT2D eigenvalue weighted by atomic mass is 35.5. The second-order valence-electron chi connectivity index (χ2n) is 8.80. The Kier molecular flexibility index (Phi) is 8.84. The molecule has 0 unspecified atom stereocenters. The van der Waals surface area contributed by atoms with Gasteiger partial charge in [-0.3, -0.25) is 9.78 Å². The Morgan fingerprint density at radius 3 is 2.43 bits per heavy atom. The standard InChI is InChI=1S/C25H19Cl2F2N5O6S2/c26-16-6-15(34-25(36)31-24(35)21(32-34)23(28)29)7-17(27)22(16)40-20-8-19(42(37,38)33-14-11-41-12-14)18(9-30-20)39-10-13-4-2-1-3-5-13/h1-9,14,23,33H,10-12H2,(H,31,35,36). The number of thioether (sulfide) groups is 1. The topological polar surface area (TPSA) is 145 Å². The molecule has 1 saturated heterocycles. The van der Waals surface area contributed by atoms with E-state index in [2.05, 4.69) is 14.8 Å². The molecule has 220 valence electrons. The maximum Gasteiger partial charge on any atom is 0.349 e. The van der Waals surface area contributed by atoms with Crippen LogP contribution in [0.15, 0.2) is 69.2 Å². The monoisotopic (exact) mass is 657 g/mol. The fourth-order valence-corrected chi connectivity index (χ4v) is 6.47. The number of benzene rings is 2. The largest absolute Gasteiger partial charge is 0.486 e. The Labute approximate surface area is 250 Å². The van der Waals surface area contributed by atoms with E-state index in [0.29, 0.717) is 16.2 Å². The molecule has 0 bridgehead atoms. The summed E-state index contributed by atoms with van der Waals surface area (Å²) in [6, 6.07) is 12.3. The Morgan fingerprint density at radius 1 is 1.12 bits per heavy atom. The van der Waals surface area contributed by atoms with E-state index in [9.17, 15) is 26.8 Å². The fourth-order valence-electron chi connectivity index (χ4n) is 3.70. The molecule has 4 aromatic rings. The van der Waals surface area contributed by atoms with E-state index < -0.39 is 33.4 Å². The van der Waals surface area contributed by atoms with E-state index in [4.69, 9.17) is 32.7 Å². The number of aromatic nitrogens is 4. The molecule has 0 aliphatic carbocycles. The summed E-state index contributed by atoms with van der Waals surface area (Å²) >= 11 is 14.3. The second kappa shape index (κ2) is 12.4. The summed E-state index contributed by atoms with van der Waals surface area (Å²) in [7, 11) is -4.06. The molecule has 0 radical (unpaired) electrons. The number of alkyl halides is 2. The Hall–Kier alpha value is -3.50. The molecule has 5 rings (SSSR count). The number of ether oxygens (including phenoxy) is 2. The van der Waals surface area contributed by atoms with Gasteiger partial charge in [-0.25, -0.2) is 31.7 Å². The van der Waals surface area contributed by atoms with Crippen molar-refractivity contribution >= 4 is 45.0 Å². The Bertz CT molecular complexity index is 1830. The van der Waals surface area contributed by atoms with Crippen LogP contribution in [0.25, 0.3) is 5.69 Å². The summed E-state index contributed by atoms with van der Waals surface area (Å²) in [4.78, 5) is 29.5. The van der Waals surface area contributed by atoms with Gasteiger partial charge >= 0.3 is 5.69 Å². The van der Waals surface area contributed by atoms with Crippen LogP contribution in [0, 0.1) is 0 Å². The number of hydrogen-bond donors (Lipinski definition) is 2. The van der Waals surface area contributed by atoms with Gasteiger partial charge < -0.3 is 9.47 Å². The number of sulfonamides is 1. The van der Waals surface area contributed by atoms with Gasteiger partial charge in [-0.2, -0.15) is 21.5 Å². The minimum absolute atomic E-state index is 0.0171. The van der Waals surface area contributed by atoms with E-state index >= 15 is 0 Å². The van der Waals surface area contributed by atoms with E-state index in [0.717, 1.165) is 23.8 Å². The predicted octanol–water partition coefficient (Wildman–Crippen LogP) is 4.33. The molecule has 17 heteroatoms. The maximum atomic E-state index is 13.3. The van der Waals surface area contributed by atoms with Crippen molar-refractivity contribution in [3.8, 4) is 23.1 Å². The zero-order chi connectivity index (χ0) is 30.0. The van der Waals surface area contributed by atoms with Crippen molar-refractivity contribution < 1.29 is 26.7 Å². The number of H-pyrrole nitrogens is 1. The molecule has 2 N–H and O–H groups in total. The van der Waals surface area contributed by atoms with Crippen molar-refractivity contribution in [3.63, 3.8) is 0 Å². The lowest BCUT2D eigenvalue weighted by Crippen LogP contribution is -2.43. The van der Waals surface area contributed by atoms with Crippen molar-refractivity contribution in [2.24, 2.45) is 0 Å². The molecule has 2 aromatic carbocycles. The average molecular weight is 658 g/mol. The lowest BCUT2D eigenvalue weighted by atomic mass is 10.2. The van der Waals surface area contributed by atoms with Gasteiger partial charge in [-0.1, -0.05) is 53.5 Å². The van der Waals surface area contributed by atoms with E-state index in [1.807, 2.05) is 30.3 Å². The Balaban J connectivity index is 1.47. The molecule has 3 heterocycles. The average Bonchev–Trinajstić information content (AvgIpc) is 2.92. The van der Waals surface area contributed by atoms with Gasteiger partial charge in [0, 0.05) is 23.6 Å². The van der Waals surface area contributed by atoms with Crippen LogP contribution in [0.4, 0.5) is 8.78 Å². The van der Waals surface area contributed by atoms with Crippen LogP contribution < -0.4 is 25.4 Å². The third-order valence-corrected chi connectivity index (χ3v) is 9.17. The molecular formula is C25H19Cl2F2N5O6S2. The first-order chi connectivity index (χ1) is 20.0. The molecule has 0 saturated carbocycles. The second-order valence-corrected chi connectivity index (χ2v) is 12.4. The number of aromatic amines is 1. The van der Waals surface area contributed by atoms with Crippen LogP contribution in [0.3, 0.4) is 0 Å². The summed E-state index contributed by atoms with van der Waals surface area (Å²) in [6.07, 6.45) is -2.06. The van der Waals surface area contributed by atoms with Gasteiger partial charge in [0.05, 0.1) is 21.9 Å². The molecule has 0 spiro atoms. The molecule has 11 nitrogen and oxygen atoms in total. The lowest BCUT2D eigenvalue weighted by Gasteiger charge is -2.26. The van der Waals surface area contributed by atoms with Gasteiger partial charge in [-0.05, 0) is 17.7 Å². The van der Waals surface area contributed by atoms with E-state index in [1.165, 1.54) is 6.20 Å². The molecule has 2 aromatic heterocycles. The molecule has 1 aliphatic rings. The normalized spacial score (nSPS) is 13.6. The quantitative estimate of drug-likeness (QED) is 0.255. The van der Waals surface area contributed by atoms with E-state index in [1.54, 1.807) is 16.7 Å². The van der Waals surface area contributed by atoms with Gasteiger partial charge in [0.2, 0.25) is 15.9 Å². The molecular weight excluding hydrogens is 639 g/mol. The van der Waals surface area contributed by atoms with E-state index in [-0.39, 0.29) is 50.7 Å². The smallest absolute Gasteiger partial charge is 0.349 e. The summed E-state index contributed by atoms with van der Waals surface area (Å²) in [6.45, 7) is 0.0784. The summed E-state index contributed by atoms with van der Waals surface area (Å²) in [5.41, 5.74) is -2.96. The molecule has 1 fully saturated rings. The van der Waals surface area contributed by atoms with Crippen molar-refractivity contribution in [1.29, 1.82) is 0 Å². The first-order valence-electron chi connectivity index (χ1n) is 12.0. The third kappa shape index (κ3) is 6.60. The number of hydrogen-bond acceptors (Lipinski definition) is 9. The first kappa shape index (κ1) is 30.0. The van der Waals surface area contributed by atoms with Gasteiger partial charge in [-0.15, -0.1) is 0 Å². The highest BCUT2D eigenvalue weighted by molar-refractivity contribution is 8.01. The minimum atomic E-state index is -4.06. The van der Waals surface area contributed by atoms with Crippen LogP contribution in [0.5, 0.6) is 17.4 Å². The molecule has 0 amide bonds. The fraction of sp³-hybridized carbons (Fsp3) is 0.200. The number of nitrogens with one attached hydrogen (secondary N) is 2. The third-order valence-electron chi connectivity index (χ3n) is 5.79. The number of nitrogens with zero attached hydrogens (tertiary/aromatic N) is 3. The Morgan fingerprint density at radius 2 is 1.81 bits per heavy atom. The first-order valence-corrected chi connectivity index (χ1v) is 15.4. The maximum absolute atomic E-state index is 13.3. The summed E-state index contributed by atoms with van der Waals surface area (Å²) in [5, 5.41) is 3.02. The highest BCUT2D eigenvalue weighted by Crippen LogP contribution is 2.39. The molecule has 0 atom stereocenters. The lowest BCUT2D eigenvalue weighted by molar-refractivity contribution is 0.141. The van der Waals surface area contributed by atoms with Crippen LogP contribution in [-0.4, -0.2) is 45.7 Å². The zero-order valence-electron chi connectivity index (χ0n) is 21.1. The number of pyridine rings is 1. The minimum Gasteiger partial charge on any atom is -0.486 e. The number of rotatable bonds is 10. The van der Waals surface area contributed by atoms with Crippen molar-refractivity contribution in [2.45, 2.75) is 24.0 Å².